The maximum Gasteiger partial charge on any atom is 0.160 e. The Labute approximate surface area is 308 Å². The largest absolute Gasteiger partial charge is 0.456 e. The molecule has 0 unspecified atom stereocenters. The molecule has 7 aromatic carbocycles. The van der Waals surface area contributed by atoms with E-state index >= 15 is 0 Å². The molecular weight excluding hydrogens is 647 g/mol. The Morgan fingerprint density at radius 2 is 1.00 bits per heavy atom. The van der Waals surface area contributed by atoms with Crippen molar-refractivity contribution in [3.63, 3.8) is 0 Å². The molecule has 0 spiro atoms. The molecule has 2 aromatic heterocycles. The van der Waals surface area contributed by atoms with Gasteiger partial charge in [0, 0.05) is 44.6 Å². The van der Waals surface area contributed by atoms with Gasteiger partial charge >= 0.3 is 0 Å². The van der Waals surface area contributed by atoms with Crippen molar-refractivity contribution in [1.82, 2.24) is 9.97 Å². The second-order valence-electron chi connectivity index (χ2n) is 14.3. The number of rotatable bonds is 5. The number of fused-ring (bicyclic) bond motifs is 5. The molecule has 9 aromatic rings. The molecular formula is C49H35N3O. The maximum atomic E-state index is 6.40. The Hall–Kier alpha value is -6.78. The van der Waals surface area contributed by atoms with E-state index in [1.54, 1.807) is 0 Å². The minimum atomic E-state index is -0.192. The lowest BCUT2D eigenvalue weighted by Gasteiger charge is -2.42. The molecule has 0 N–H and O–H groups in total. The van der Waals surface area contributed by atoms with Crippen LogP contribution >= 0.6 is 0 Å². The molecule has 1 aliphatic rings. The van der Waals surface area contributed by atoms with Crippen molar-refractivity contribution in [3.8, 4) is 45.0 Å². The highest BCUT2D eigenvalue weighted by atomic mass is 16.3. The van der Waals surface area contributed by atoms with Crippen LogP contribution in [0.3, 0.4) is 0 Å². The molecule has 0 amide bonds. The molecule has 0 saturated carbocycles. The molecule has 4 nitrogen and oxygen atoms in total. The van der Waals surface area contributed by atoms with E-state index in [0.717, 1.165) is 72.5 Å². The van der Waals surface area contributed by atoms with Crippen molar-refractivity contribution >= 4 is 39.0 Å². The van der Waals surface area contributed by atoms with Crippen LogP contribution in [0.4, 0.5) is 17.1 Å². The smallest absolute Gasteiger partial charge is 0.160 e. The van der Waals surface area contributed by atoms with Gasteiger partial charge in [0.1, 0.15) is 11.2 Å². The van der Waals surface area contributed by atoms with Crippen LogP contribution in [-0.2, 0) is 5.41 Å². The van der Waals surface area contributed by atoms with Gasteiger partial charge < -0.3 is 9.32 Å². The monoisotopic (exact) mass is 681 g/mol. The average molecular weight is 682 g/mol. The van der Waals surface area contributed by atoms with Gasteiger partial charge in [-0.1, -0.05) is 147 Å². The first-order chi connectivity index (χ1) is 26.0. The molecule has 0 bridgehead atoms. The lowest BCUT2D eigenvalue weighted by atomic mass is 9.73. The number of aromatic nitrogens is 2. The second kappa shape index (κ2) is 12.2. The van der Waals surface area contributed by atoms with Crippen LogP contribution < -0.4 is 4.90 Å². The number of anilines is 3. The molecule has 0 radical (unpaired) electrons. The van der Waals surface area contributed by atoms with Crippen molar-refractivity contribution in [2.45, 2.75) is 19.3 Å². The summed E-state index contributed by atoms with van der Waals surface area (Å²) in [6.45, 7) is 4.66. The van der Waals surface area contributed by atoms with Crippen molar-refractivity contribution in [2.24, 2.45) is 0 Å². The van der Waals surface area contributed by atoms with Gasteiger partial charge in [-0.15, -0.1) is 0 Å². The summed E-state index contributed by atoms with van der Waals surface area (Å²) in [5.74, 6) is 0.705. The van der Waals surface area contributed by atoms with E-state index in [0.29, 0.717) is 5.82 Å². The first-order valence-corrected chi connectivity index (χ1v) is 18.1. The number of para-hydroxylation sites is 2. The van der Waals surface area contributed by atoms with E-state index in [4.69, 9.17) is 14.4 Å². The Balaban J connectivity index is 1.02. The fourth-order valence-electron chi connectivity index (χ4n) is 7.90. The van der Waals surface area contributed by atoms with Crippen molar-refractivity contribution in [2.75, 3.05) is 4.90 Å². The van der Waals surface area contributed by atoms with Crippen molar-refractivity contribution < 1.29 is 4.42 Å². The van der Waals surface area contributed by atoms with Gasteiger partial charge in [0.15, 0.2) is 5.82 Å². The molecule has 252 valence electrons. The van der Waals surface area contributed by atoms with Crippen LogP contribution in [-0.4, -0.2) is 9.97 Å². The highest BCUT2D eigenvalue weighted by Crippen LogP contribution is 2.53. The number of hydrogen-bond acceptors (Lipinski definition) is 4. The fourth-order valence-corrected chi connectivity index (χ4v) is 7.90. The summed E-state index contributed by atoms with van der Waals surface area (Å²) in [4.78, 5) is 12.4. The number of furan rings is 1. The Kier molecular flexibility index (Phi) is 7.12. The Bertz CT molecular complexity index is 2730. The summed E-state index contributed by atoms with van der Waals surface area (Å²) < 4.78 is 6.40. The quantitative estimate of drug-likeness (QED) is 0.181. The van der Waals surface area contributed by atoms with Crippen molar-refractivity contribution in [3.05, 3.63) is 187 Å². The molecule has 10 rings (SSSR count). The first kappa shape index (κ1) is 31.0. The minimum absolute atomic E-state index is 0.192. The van der Waals surface area contributed by atoms with Gasteiger partial charge in [-0.3, -0.25) is 0 Å². The summed E-state index contributed by atoms with van der Waals surface area (Å²) in [5.41, 5.74) is 14.8. The normalized spacial score (nSPS) is 13.2. The summed E-state index contributed by atoms with van der Waals surface area (Å²) in [6, 6.07) is 61.8. The molecule has 53 heavy (non-hydrogen) atoms. The van der Waals surface area contributed by atoms with Gasteiger partial charge in [0.05, 0.1) is 22.8 Å². The van der Waals surface area contributed by atoms with E-state index in [-0.39, 0.29) is 5.41 Å². The van der Waals surface area contributed by atoms with Gasteiger partial charge in [-0.25, -0.2) is 9.97 Å². The molecule has 0 atom stereocenters. The maximum absolute atomic E-state index is 6.40. The first-order valence-electron chi connectivity index (χ1n) is 18.1. The second-order valence-corrected chi connectivity index (χ2v) is 14.3. The average Bonchev–Trinajstić information content (AvgIpc) is 3.59. The predicted molar refractivity (Wildman–Crippen MR) is 218 cm³/mol. The van der Waals surface area contributed by atoms with Crippen LogP contribution in [0.25, 0.3) is 67.0 Å². The van der Waals surface area contributed by atoms with Gasteiger partial charge in [-0.2, -0.15) is 0 Å². The van der Waals surface area contributed by atoms with Gasteiger partial charge in [0.25, 0.3) is 0 Å². The third kappa shape index (κ3) is 5.22. The van der Waals surface area contributed by atoms with E-state index < -0.39 is 0 Å². The number of hydrogen-bond donors (Lipinski definition) is 0. The highest BCUT2D eigenvalue weighted by molar-refractivity contribution is 6.07. The zero-order valence-corrected chi connectivity index (χ0v) is 29.5. The van der Waals surface area contributed by atoms with Gasteiger partial charge in [-0.05, 0) is 58.7 Å². The molecule has 0 saturated heterocycles. The Morgan fingerprint density at radius 3 is 1.68 bits per heavy atom. The van der Waals surface area contributed by atoms with E-state index in [2.05, 4.69) is 146 Å². The van der Waals surface area contributed by atoms with Crippen LogP contribution in [0.15, 0.2) is 180 Å². The third-order valence-electron chi connectivity index (χ3n) is 10.7. The predicted octanol–water partition coefficient (Wildman–Crippen LogP) is 13.2. The lowest BCUT2D eigenvalue weighted by Crippen LogP contribution is -2.30. The molecule has 3 heterocycles. The van der Waals surface area contributed by atoms with E-state index in [1.807, 2.05) is 48.5 Å². The minimum Gasteiger partial charge on any atom is -0.456 e. The number of benzene rings is 7. The summed E-state index contributed by atoms with van der Waals surface area (Å²) >= 11 is 0. The zero-order valence-electron chi connectivity index (χ0n) is 29.5. The topological polar surface area (TPSA) is 42.2 Å². The number of nitrogens with zero attached hydrogens (tertiary/aromatic N) is 3. The summed E-state index contributed by atoms with van der Waals surface area (Å²) in [6.07, 6.45) is 0. The zero-order chi connectivity index (χ0) is 35.5. The summed E-state index contributed by atoms with van der Waals surface area (Å²) in [7, 11) is 0. The van der Waals surface area contributed by atoms with Crippen molar-refractivity contribution in [1.29, 1.82) is 0 Å². The molecule has 4 heteroatoms. The van der Waals surface area contributed by atoms with Crippen LogP contribution in [0.2, 0.25) is 0 Å². The van der Waals surface area contributed by atoms with Gasteiger partial charge in [0.2, 0.25) is 0 Å². The standard InChI is InChI=1S/C49H35N3O/c1-49(2)40-18-10-11-19-44(40)52(45-31-47-39(29-41(45)49)38-17-9-12-20-46(38)53-47)37-27-25-33(26-28-37)32-21-23-36(24-22-32)48-50-42(34-13-5-3-6-14-34)30-43(51-48)35-15-7-4-8-16-35/h3-31H,1-2H3. The van der Waals surface area contributed by atoms with E-state index in [9.17, 15) is 0 Å². The summed E-state index contributed by atoms with van der Waals surface area (Å²) in [5, 5.41) is 2.30. The van der Waals surface area contributed by atoms with E-state index in [1.165, 1.54) is 16.8 Å². The Morgan fingerprint density at radius 1 is 0.434 bits per heavy atom. The molecule has 1 aliphatic heterocycles. The third-order valence-corrected chi connectivity index (χ3v) is 10.7. The fraction of sp³-hybridized carbons (Fsp3) is 0.0612. The SMILES string of the molecule is CC1(C)c2ccccc2N(c2ccc(-c3ccc(-c4nc(-c5ccccc5)cc(-c5ccccc5)n4)cc3)cc2)c2cc3oc4ccccc4c3cc21. The lowest BCUT2D eigenvalue weighted by molar-refractivity contribution is 0.630. The van der Waals surface area contributed by atoms with Crippen LogP contribution in [0.5, 0.6) is 0 Å². The molecule has 0 fully saturated rings. The highest BCUT2D eigenvalue weighted by Gasteiger charge is 2.37. The van der Waals surface area contributed by atoms with Crippen LogP contribution in [0.1, 0.15) is 25.0 Å². The van der Waals surface area contributed by atoms with Crippen LogP contribution in [0, 0.1) is 0 Å². The molecule has 0 aliphatic carbocycles.